The molecule has 1 rings (SSSR count). The highest BCUT2D eigenvalue weighted by Gasteiger charge is 2.13. The van der Waals surface area contributed by atoms with E-state index in [9.17, 15) is 4.79 Å². The van der Waals surface area contributed by atoms with Crippen molar-refractivity contribution >= 4 is 5.97 Å². The van der Waals surface area contributed by atoms with Gasteiger partial charge in [-0.05, 0) is 18.6 Å². The van der Waals surface area contributed by atoms with Crippen LogP contribution in [0.2, 0.25) is 0 Å². The van der Waals surface area contributed by atoms with Gasteiger partial charge in [0.25, 0.3) is 0 Å². The molecule has 0 aromatic carbocycles. The quantitative estimate of drug-likeness (QED) is 0.537. The van der Waals surface area contributed by atoms with Crippen molar-refractivity contribution in [3.8, 4) is 0 Å². The summed E-state index contributed by atoms with van der Waals surface area (Å²) in [7, 11) is 0. The van der Waals surface area contributed by atoms with Crippen LogP contribution in [0.1, 0.15) is 45.2 Å². The Balaban J connectivity index is 2.24. The van der Waals surface area contributed by atoms with Gasteiger partial charge in [-0.25, -0.2) is 0 Å². The number of aromatic nitrogens is 1. The predicted octanol–water partition coefficient (Wildman–Crippen LogP) is 3.34. The zero-order valence-electron chi connectivity index (χ0n) is 10.7. The maximum absolute atomic E-state index is 11.7. The van der Waals surface area contributed by atoms with Crippen LogP contribution in [0.5, 0.6) is 0 Å². The Morgan fingerprint density at radius 1 is 1.41 bits per heavy atom. The van der Waals surface area contributed by atoms with Gasteiger partial charge in [0.05, 0.1) is 11.6 Å². The first-order chi connectivity index (χ1) is 8.24. The van der Waals surface area contributed by atoms with Gasteiger partial charge >= 0.3 is 5.97 Å². The van der Waals surface area contributed by atoms with E-state index in [0.29, 0.717) is 0 Å². The number of rotatable bonds is 7. The summed E-state index contributed by atoms with van der Waals surface area (Å²) < 4.78 is 5.22. The van der Waals surface area contributed by atoms with Gasteiger partial charge < -0.3 is 4.74 Å². The predicted molar refractivity (Wildman–Crippen MR) is 67.3 cm³/mol. The van der Waals surface area contributed by atoms with E-state index in [0.717, 1.165) is 18.5 Å². The molecule has 0 radical (unpaired) electrons. The molecular formula is C14H21NO2. The van der Waals surface area contributed by atoms with Crippen LogP contribution in [-0.2, 0) is 16.1 Å². The summed E-state index contributed by atoms with van der Waals surface area (Å²) in [5, 5.41) is 0. The monoisotopic (exact) mass is 235 g/mol. The molecule has 0 amide bonds. The van der Waals surface area contributed by atoms with Crippen molar-refractivity contribution in [2.24, 2.45) is 5.92 Å². The highest BCUT2D eigenvalue weighted by Crippen LogP contribution is 2.11. The number of esters is 1. The van der Waals surface area contributed by atoms with Crippen LogP contribution in [0.3, 0.4) is 0 Å². The van der Waals surface area contributed by atoms with Gasteiger partial charge in [0.1, 0.15) is 6.61 Å². The molecule has 3 heteroatoms. The Kier molecular flexibility index (Phi) is 6.30. The van der Waals surface area contributed by atoms with Crippen molar-refractivity contribution < 1.29 is 9.53 Å². The Morgan fingerprint density at radius 2 is 2.24 bits per heavy atom. The van der Waals surface area contributed by atoms with E-state index < -0.39 is 0 Å². The number of carbonyl (C=O) groups excluding carboxylic acids is 1. The van der Waals surface area contributed by atoms with Gasteiger partial charge in [-0.3, -0.25) is 9.78 Å². The molecule has 0 bridgehead atoms. The summed E-state index contributed by atoms with van der Waals surface area (Å²) in [5.41, 5.74) is 0.793. The first-order valence-electron chi connectivity index (χ1n) is 6.30. The second-order valence-corrected chi connectivity index (χ2v) is 4.33. The zero-order chi connectivity index (χ0) is 12.5. The molecule has 0 saturated carbocycles. The second kappa shape index (κ2) is 7.82. The van der Waals surface area contributed by atoms with E-state index in [1.165, 1.54) is 12.8 Å². The average Bonchev–Trinajstić information content (AvgIpc) is 2.37. The van der Waals surface area contributed by atoms with Gasteiger partial charge in [-0.15, -0.1) is 0 Å². The van der Waals surface area contributed by atoms with Crippen molar-refractivity contribution in [3.05, 3.63) is 30.1 Å². The van der Waals surface area contributed by atoms with E-state index in [4.69, 9.17) is 4.74 Å². The molecule has 1 heterocycles. The van der Waals surface area contributed by atoms with Crippen LogP contribution in [0.15, 0.2) is 24.4 Å². The van der Waals surface area contributed by atoms with Gasteiger partial charge in [0.2, 0.25) is 0 Å². The molecule has 94 valence electrons. The van der Waals surface area contributed by atoms with Crippen molar-refractivity contribution in [1.29, 1.82) is 0 Å². The molecule has 1 aromatic rings. The van der Waals surface area contributed by atoms with Crippen LogP contribution in [-0.4, -0.2) is 11.0 Å². The molecule has 3 nitrogen and oxygen atoms in total. The van der Waals surface area contributed by atoms with Gasteiger partial charge in [-0.1, -0.05) is 39.2 Å². The number of unbranched alkanes of at least 4 members (excludes halogenated alkanes) is 2. The highest BCUT2D eigenvalue weighted by atomic mass is 16.5. The highest BCUT2D eigenvalue weighted by molar-refractivity contribution is 5.71. The lowest BCUT2D eigenvalue weighted by Crippen LogP contribution is -2.15. The minimum Gasteiger partial charge on any atom is -0.459 e. The van der Waals surface area contributed by atoms with Gasteiger partial charge in [-0.2, -0.15) is 0 Å². The third-order valence-corrected chi connectivity index (χ3v) is 2.73. The van der Waals surface area contributed by atoms with E-state index in [1.807, 2.05) is 25.1 Å². The summed E-state index contributed by atoms with van der Waals surface area (Å²) in [4.78, 5) is 15.8. The Hall–Kier alpha value is -1.38. The van der Waals surface area contributed by atoms with Crippen molar-refractivity contribution in [3.63, 3.8) is 0 Å². The summed E-state index contributed by atoms with van der Waals surface area (Å²) in [6.07, 6.45) is 6.06. The first kappa shape index (κ1) is 13.7. The number of hydrogen-bond donors (Lipinski definition) is 0. The fourth-order valence-electron chi connectivity index (χ4n) is 1.59. The molecular weight excluding hydrogens is 214 g/mol. The van der Waals surface area contributed by atoms with Gasteiger partial charge in [0, 0.05) is 6.20 Å². The largest absolute Gasteiger partial charge is 0.459 e. The summed E-state index contributed by atoms with van der Waals surface area (Å²) >= 11 is 0. The van der Waals surface area contributed by atoms with Crippen LogP contribution >= 0.6 is 0 Å². The zero-order valence-corrected chi connectivity index (χ0v) is 10.7. The van der Waals surface area contributed by atoms with Crippen LogP contribution in [0.4, 0.5) is 0 Å². The molecule has 0 aliphatic heterocycles. The minimum absolute atomic E-state index is 0.00902. The molecule has 1 aromatic heterocycles. The molecule has 1 unspecified atom stereocenters. The first-order valence-corrected chi connectivity index (χ1v) is 6.30. The summed E-state index contributed by atoms with van der Waals surface area (Å²) in [5.74, 6) is -0.128. The lowest BCUT2D eigenvalue weighted by molar-refractivity contribution is -0.149. The standard InChI is InChI=1S/C14H21NO2/c1-3-4-5-8-12(2)14(16)17-11-13-9-6-7-10-15-13/h6-7,9-10,12H,3-5,8,11H2,1-2H3. The molecule has 0 aliphatic carbocycles. The van der Waals surface area contributed by atoms with E-state index in [1.54, 1.807) is 6.20 Å². The number of ether oxygens (including phenoxy) is 1. The van der Waals surface area contributed by atoms with Crippen LogP contribution in [0.25, 0.3) is 0 Å². The minimum atomic E-state index is -0.119. The lowest BCUT2D eigenvalue weighted by atomic mass is 10.0. The Bertz CT molecular complexity index is 324. The smallest absolute Gasteiger partial charge is 0.309 e. The maximum Gasteiger partial charge on any atom is 0.309 e. The molecule has 0 fully saturated rings. The normalized spacial score (nSPS) is 12.1. The SMILES string of the molecule is CCCCCC(C)C(=O)OCc1ccccn1. The summed E-state index contributed by atoms with van der Waals surface area (Å²) in [6.45, 7) is 4.36. The lowest BCUT2D eigenvalue weighted by Gasteiger charge is -2.10. The fraction of sp³-hybridized carbons (Fsp3) is 0.571. The third-order valence-electron chi connectivity index (χ3n) is 2.73. The number of carbonyl (C=O) groups is 1. The Morgan fingerprint density at radius 3 is 2.88 bits per heavy atom. The Labute approximate surface area is 103 Å². The topological polar surface area (TPSA) is 39.2 Å². The molecule has 0 saturated heterocycles. The number of nitrogens with zero attached hydrogens (tertiary/aromatic N) is 1. The molecule has 0 spiro atoms. The van der Waals surface area contributed by atoms with Crippen LogP contribution < -0.4 is 0 Å². The average molecular weight is 235 g/mol. The molecule has 17 heavy (non-hydrogen) atoms. The van der Waals surface area contributed by atoms with E-state index >= 15 is 0 Å². The molecule has 0 N–H and O–H groups in total. The van der Waals surface area contributed by atoms with E-state index in [-0.39, 0.29) is 18.5 Å². The number of hydrogen-bond acceptors (Lipinski definition) is 3. The van der Waals surface area contributed by atoms with Crippen molar-refractivity contribution in [2.45, 2.75) is 46.1 Å². The van der Waals surface area contributed by atoms with Crippen LogP contribution in [0, 0.1) is 5.92 Å². The van der Waals surface area contributed by atoms with Crippen molar-refractivity contribution in [2.75, 3.05) is 0 Å². The molecule has 1 atom stereocenters. The van der Waals surface area contributed by atoms with Crippen molar-refractivity contribution in [1.82, 2.24) is 4.98 Å². The summed E-state index contributed by atoms with van der Waals surface area (Å²) in [6, 6.07) is 5.59. The maximum atomic E-state index is 11.7. The number of pyridine rings is 1. The second-order valence-electron chi connectivity index (χ2n) is 4.33. The van der Waals surface area contributed by atoms with Gasteiger partial charge in [0.15, 0.2) is 0 Å². The fourth-order valence-corrected chi connectivity index (χ4v) is 1.59. The third kappa shape index (κ3) is 5.48. The van der Waals surface area contributed by atoms with E-state index in [2.05, 4.69) is 11.9 Å². The molecule has 0 aliphatic rings.